The van der Waals surface area contributed by atoms with E-state index in [1.54, 1.807) is 41.6 Å². The molecule has 0 aliphatic carbocycles. The molecule has 0 aromatic carbocycles. The topological polar surface area (TPSA) is 101 Å². The lowest BCUT2D eigenvalue weighted by molar-refractivity contribution is 0.0587. The fourth-order valence-electron chi connectivity index (χ4n) is 2.74. The maximum atomic E-state index is 12.4. The molecule has 1 N–H and O–H groups in total. The van der Waals surface area contributed by atoms with Gasteiger partial charge in [0.2, 0.25) is 15.9 Å². The Hall–Kier alpha value is -2.68. The molecule has 8 nitrogen and oxygen atoms in total. The highest BCUT2D eigenvalue weighted by atomic mass is 32.2. The number of hydrogen-bond acceptors (Lipinski definition) is 6. The van der Waals surface area contributed by atoms with Crippen LogP contribution in [-0.2, 0) is 10.0 Å². The lowest BCUT2D eigenvalue weighted by atomic mass is 10.1. The SMILES string of the molecule is CS(=O)(=O)Nc1ccc(OC2CCN(C(=O)c3cccnc3)CC2)nc1. The van der Waals surface area contributed by atoms with E-state index in [-0.39, 0.29) is 12.0 Å². The predicted molar refractivity (Wildman–Crippen MR) is 96.5 cm³/mol. The Morgan fingerprint density at radius 3 is 2.58 bits per heavy atom. The van der Waals surface area contributed by atoms with Gasteiger partial charge in [0.1, 0.15) is 6.10 Å². The minimum absolute atomic E-state index is 0.0223. The molecule has 2 aromatic heterocycles. The van der Waals surface area contributed by atoms with Gasteiger partial charge < -0.3 is 9.64 Å². The predicted octanol–water partition coefficient (Wildman–Crippen LogP) is 1.53. The standard InChI is InChI=1S/C17H20N4O4S/c1-26(23,24)20-14-4-5-16(19-12-14)25-15-6-9-21(10-7-15)17(22)13-3-2-8-18-11-13/h2-5,8,11-12,15,20H,6-7,9-10H2,1H3. The Morgan fingerprint density at radius 2 is 2.00 bits per heavy atom. The van der Waals surface area contributed by atoms with Gasteiger partial charge in [-0.15, -0.1) is 0 Å². The fourth-order valence-corrected chi connectivity index (χ4v) is 3.29. The minimum atomic E-state index is -3.33. The summed E-state index contributed by atoms with van der Waals surface area (Å²) in [6, 6.07) is 6.73. The molecule has 9 heteroatoms. The molecule has 0 atom stereocenters. The molecule has 1 amide bonds. The molecule has 0 radical (unpaired) electrons. The van der Waals surface area contributed by atoms with Crippen molar-refractivity contribution in [3.8, 4) is 5.88 Å². The fraction of sp³-hybridized carbons (Fsp3) is 0.353. The third-order valence-electron chi connectivity index (χ3n) is 3.96. The number of anilines is 1. The largest absolute Gasteiger partial charge is 0.474 e. The first-order valence-electron chi connectivity index (χ1n) is 8.20. The molecule has 3 rings (SSSR count). The van der Waals surface area contributed by atoms with Crippen LogP contribution in [0, 0.1) is 0 Å². The van der Waals surface area contributed by atoms with Crippen molar-refractivity contribution < 1.29 is 17.9 Å². The van der Waals surface area contributed by atoms with Gasteiger partial charge in [-0.2, -0.15) is 0 Å². The van der Waals surface area contributed by atoms with Gasteiger partial charge >= 0.3 is 0 Å². The van der Waals surface area contributed by atoms with Crippen LogP contribution >= 0.6 is 0 Å². The van der Waals surface area contributed by atoms with Crippen molar-refractivity contribution in [1.82, 2.24) is 14.9 Å². The Kier molecular flexibility index (Phi) is 5.36. The molecule has 3 heterocycles. The molecule has 138 valence electrons. The Bertz CT molecular complexity index is 848. The van der Waals surface area contributed by atoms with Crippen LogP contribution in [0.2, 0.25) is 0 Å². The van der Waals surface area contributed by atoms with Crippen LogP contribution in [0.3, 0.4) is 0 Å². The van der Waals surface area contributed by atoms with Crippen LogP contribution in [-0.4, -0.2) is 54.6 Å². The quantitative estimate of drug-likeness (QED) is 0.849. The summed E-state index contributed by atoms with van der Waals surface area (Å²) in [5.74, 6) is 0.409. The van der Waals surface area contributed by atoms with E-state index in [1.807, 2.05) is 0 Å². The van der Waals surface area contributed by atoms with E-state index in [2.05, 4.69) is 14.7 Å². The molecule has 2 aromatic rings. The van der Waals surface area contributed by atoms with Gasteiger partial charge in [0, 0.05) is 44.4 Å². The van der Waals surface area contributed by atoms with Crippen molar-refractivity contribution in [3.63, 3.8) is 0 Å². The highest BCUT2D eigenvalue weighted by Crippen LogP contribution is 2.20. The lowest BCUT2D eigenvalue weighted by Crippen LogP contribution is -2.41. The second-order valence-corrected chi connectivity index (χ2v) is 7.86. The third kappa shape index (κ3) is 4.92. The summed E-state index contributed by atoms with van der Waals surface area (Å²) in [5, 5.41) is 0. The molecule has 26 heavy (non-hydrogen) atoms. The Morgan fingerprint density at radius 1 is 1.23 bits per heavy atom. The summed E-state index contributed by atoms with van der Waals surface area (Å²) in [7, 11) is -3.33. The number of nitrogens with one attached hydrogen (secondary N) is 1. The number of carbonyl (C=O) groups excluding carboxylic acids is 1. The van der Waals surface area contributed by atoms with Crippen molar-refractivity contribution >= 4 is 21.6 Å². The number of piperidine rings is 1. The lowest BCUT2D eigenvalue weighted by Gasteiger charge is -2.31. The van der Waals surface area contributed by atoms with E-state index in [0.29, 0.717) is 43.1 Å². The van der Waals surface area contributed by atoms with Gasteiger partial charge in [0.25, 0.3) is 5.91 Å². The number of ether oxygens (including phenoxy) is 1. The number of amides is 1. The second-order valence-electron chi connectivity index (χ2n) is 6.11. The summed E-state index contributed by atoms with van der Waals surface area (Å²) in [6.45, 7) is 1.21. The monoisotopic (exact) mass is 376 g/mol. The Balaban J connectivity index is 1.52. The van der Waals surface area contributed by atoms with Crippen LogP contribution in [0.4, 0.5) is 5.69 Å². The maximum absolute atomic E-state index is 12.4. The number of likely N-dealkylation sites (tertiary alicyclic amines) is 1. The first-order valence-corrected chi connectivity index (χ1v) is 10.1. The summed E-state index contributed by atoms with van der Waals surface area (Å²) in [4.78, 5) is 22.3. The molecular weight excluding hydrogens is 356 g/mol. The maximum Gasteiger partial charge on any atom is 0.255 e. The molecule has 1 aliphatic rings. The second kappa shape index (κ2) is 7.69. The zero-order chi connectivity index (χ0) is 18.6. The van der Waals surface area contributed by atoms with Crippen LogP contribution in [0.15, 0.2) is 42.9 Å². The highest BCUT2D eigenvalue weighted by Gasteiger charge is 2.25. The van der Waals surface area contributed by atoms with Crippen molar-refractivity contribution in [2.45, 2.75) is 18.9 Å². The number of carbonyl (C=O) groups is 1. The van der Waals surface area contributed by atoms with E-state index in [9.17, 15) is 13.2 Å². The zero-order valence-electron chi connectivity index (χ0n) is 14.3. The minimum Gasteiger partial charge on any atom is -0.474 e. The molecular formula is C17H20N4O4S. The highest BCUT2D eigenvalue weighted by molar-refractivity contribution is 7.92. The molecule has 1 fully saturated rings. The Labute approximate surface area is 152 Å². The average Bonchev–Trinajstić information content (AvgIpc) is 2.63. The van der Waals surface area contributed by atoms with E-state index in [0.717, 1.165) is 6.26 Å². The van der Waals surface area contributed by atoms with Gasteiger partial charge in [-0.1, -0.05) is 0 Å². The van der Waals surface area contributed by atoms with Gasteiger partial charge in [0.05, 0.1) is 23.7 Å². The number of hydrogen-bond donors (Lipinski definition) is 1. The summed E-state index contributed by atoms with van der Waals surface area (Å²) in [5.41, 5.74) is 0.972. The van der Waals surface area contributed by atoms with Crippen LogP contribution < -0.4 is 9.46 Å². The van der Waals surface area contributed by atoms with Crippen LogP contribution in [0.5, 0.6) is 5.88 Å². The first kappa shape index (κ1) is 18.1. The molecule has 1 saturated heterocycles. The van der Waals surface area contributed by atoms with Gasteiger partial charge in [-0.05, 0) is 18.2 Å². The first-order chi connectivity index (χ1) is 12.4. The third-order valence-corrected chi connectivity index (χ3v) is 4.57. The molecule has 0 bridgehead atoms. The summed E-state index contributed by atoms with van der Waals surface area (Å²) in [6.07, 6.45) is 7.08. The average molecular weight is 376 g/mol. The van der Waals surface area contributed by atoms with E-state index < -0.39 is 10.0 Å². The normalized spacial score (nSPS) is 15.5. The van der Waals surface area contributed by atoms with Crippen LogP contribution in [0.1, 0.15) is 23.2 Å². The van der Waals surface area contributed by atoms with Crippen molar-refractivity contribution in [1.29, 1.82) is 0 Å². The molecule has 0 unspecified atom stereocenters. The number of pyridine rings is 2. The van der Waals surface area contributed by atoms with Crippen molar-refractivity contribution in [3.05, 3.63) is 48.4 Å². The molecule has 0 saturated carbocycles. The van der Waals surface area contributed by atoms with E-state index >= 15 is 0 Å². The van der Waals surface area contributed by atoms with E-state index in [1.165, 1.54) is 6.20 Å². The summed E-state index contributed by atoms with van der Waals surface area (Å²) < 4.78 is 30.6. The van der Waals surface area contributed by atoms with Crippen molar-refractivity contribution in [2.75, 3.05) is 24.1 Å². The number of rotatable bonds is 5. The zero-order valence-corrected chi connectivity index (χ0v) is 15.1. The van der Waals surface area contributed by atoms with Crippen molar-refractivity contribution in [2.24, 2.45) is 0 Å². The number of sulfonamides is 1. The molecule has 0 spiro atoms. The van der Waals surface area contributed by atoms with Crippen LogP contribution in [0.25, 0.3) is 0 Å². The number of aromatic nitrogens is 2. The van der Waals surface area contributed by atoms with E-state index in [4.69, 9.17) is 4.74 Å². The van der Waals surface area contributed by atoms with Gasteiger partial charge in [-0.25, -0.2) is 13.4 Å². The number of nitrogens with zero attached hydrogens (tertiary/aromatic N) is 3. The van der Waals surface area contributed by atoms with Gasteiger partial charge in [-0.3, -0.25) is 14.5 Å². The summed E-state index contributed by atoms with van der Waals surface area (Å²) >= 11 is 0. The van der Waals surface area contributed by atoms with Gasteiger partial charge in [0.15, 0.2) is 0 Å². The smallest absolute Gasteiger partial charge is 0.255 e. The molecule has 1 aliphatic heterocycles.